The SMILES string of the molecule is CC(C#CC1=C(C)CC(O)CC1(C)C)=CC=CC=CC=C(C)C=C1C=C(C=CC23OC2(C)CC(O)CC3(C)C)C(=O)O1. The Balaban J connectivity index is 1.34. The van der Waals surface area contributed by atoms with E-state index in [1.54, 1.807) is 12.2 Å². The van der Waals surface area contributed by atoms with Gasteiger partial charge in [0, 0.05) is 22.8 Å². The Kier molecular flexibility index (Phi) is 8.95. The van der Waals surface area contributed by atoms with Crippen molar-refractivity contribution >= 4 is 5.97 Å². The standard InChI is InChI=1S/C37H46O5/c1-25(15-16-32-27(3)20-29(38)22-34(32,4)5)13-11-9-10-12-14-26(2)19-31-21-28(33(40)41-31)17-18-37-35(6,7)23-30(39)24-36(37,8)42-37/h9-14,17-19,21,29-30,38-39H,20,22-24H2,1-8H3. The summed E-state index contributed by atoms with van der Waals surface area (Å²) >= 11 is 0. The molecule has 0 spiro atoms. The molecule has 0 bridgehead atoms. The Hall–Kier alpha value is -3.17. The number of aliphatic hydroxyl groups excluding tert-OH is 2. The summed E-state index contributed by atoms with van der Waals surface area (Å²) in [5, 5.41) is 20.3. The topological polar surface area (TPSA) is 79.3 Å². The summed E-state index contributed by atoms with van der Waals surface area (Å²) in [5.74, 6) is 6.73. The van der Waals surface area contributed by atoms with Crippen LogP contribution in [0.2, 0.25) is 0 Å². The third-order valence-electron chi connectivity index (χ3n) is 8.93. The van der Waals surface area contributed by atoms with E-state index >= 15 is 0 Å². The summed E-state index contributed by atoms with van der Waals surface area (Å²) in [4.78, 5) is 12.5. The van der Waals surface area contributed by atoms with Gasteiger partial charge in [-0.1, -0.05) is 81.6 Å². The molecule has 5 heteroatoms. The minimum absolute atomic E-state index is 0.108. The molecule has 1 saturated heterocycles. The number of hydrogen-bond donors (Lipinski definition) is 2. The number of cyclic esters (lactones) is 1. The molecule has 2 aliphatic heterocycles. The van der Waals surface area contributed by atoms with Crippen LogP contribution in [0.4, 0.5) is 0 Å². The third-order valence-corrected chi connectivity index (χ3v) is 8.93. The molecule has 0 aromatic rings. The molecule has 0 aromatic heterocycles. The zero-order valence-corrected chi connectivity index (χ0v) is 26.4. The number of rotatable bonds is 6. The van der Waals surface area contributed by atoms with Crippen molar-refractivity contribution in [3.05, 3.63) is 94.4 Å². The van der Waals surface area contributed by atoms with Gasteiger partial charge in [0.1, 0.15) is 17.0 Å². The van der Waals surface area contributed by atoms with Gasteiger partial charge in [0.15, 0.2) is 0 Å². The molecule has 4 unspecified atom stereocenters. The number of hydrogen-bond acceptors (Lipinski definition) is 5. The van der Waals surface area contributed by atoms with Crippen LogP contribution in [-0.4, -0.2) is 39.6 Å². The Morgan fingerprint density at radius 3 is 2.33 bits per heavy atom. The van der Waals surface area contributed by atoms with Crippen molar-refractivity contribution in [1.29, 1.82) is 0 Å². The molecule has 2 fully saturated rings. The molecule has 5 nitrogen and oxygen atoms in total. The molecule has 224 valence electrons. The lowest BCUT2D eigenvalue weighted by molar-refractivity contribution is -0.132. The second-order valence-corrected chi connectivity index (χ2v) is 13.8. The fraction of sp³-hybridized carbons (Fsp3) is 0.486. The van der Waals surface area contributed by atoms with Gasteiger partial charge in [-0.05, 0) is 82.4 Å². The zero-order valence-electron chi connectivity index (χ0n) is 26.4. The van der Waals surface area contributed by atoms with E-state index in [0.717, 1.165) is 23.1 Å². The van der Waals surface area contributed by atoms with E-state index in [4.69, 9.17) is 9.47 Å². The zero-order chi connectivity index (χ0) is 30.9. The maximum absolute atomic E-state index is 12.5. The minimum atomic E-state index is -0.491. The highest BCUT2D eigenvalue weighted by molar-refractivity contribution is 5.95. The lowest BCUT2D eigenvalue weighted by Crippen LogP contribution is -2.46. The van der Waals surface area contributed by atoms with Crippen molar-refractivity contribution in [3.63, 3.8) is 0 Å². The number of carbonyl (C=O) groups is 1. The highest BCUT2D eigenvalue weighted by atomic mass is 16.6. The lowest BCUT2D eigenvalue weighted by atomic mass is 9.63. The van der Waals surface area contributed by atoms with Gasteiger partial charge in [0.25, 0.3) is 0 Å². The van der Waals surface area contributed by atoms with E-state index in [1.165, 1.54) is 5.57 Å². The van der Waals surface area contributed by atoms with Gasteiger partial charge in [-0.3, -0.25) is 0 Å². The second kappa shape index (κ2) is 11.8. The molecular formula is C37H46O5. The fourth-order valence-corrected chi connectivity index (χ4v) is 6.96. The monoisotopic (exact) mass is 570 g/mol. The summed E-state index contributed by atoms with van der Waals surface area (Å²) in [7, 11) is 0. The van der Waals surface area contributed by atoms with Gasteiger partial charge in [-0.2, -0.15) is 0 Å². The van der Waals surface area contributed by atoms with Crippen molar-refractivity contribution in [3.8, 4) is 11.8 Å². The Labute approximate surface area is 251 Å². The van der Waals surface area contributed by atoms with Gasteiger partial charge < -0.3 is 19.7 Å². The highest BCUT2D eigenvalue weighted by Crippen LogP contribution is 2.66. The number of fused-ring (bicyclic) bond motifs is 1. The largest absolute Gasteiger partial charge is 0.423 e. The molecule has 4 atom stereocenters. The molecular weight excluding hydrogens is 524 g/mol. The summed E-state index contributed by atoms with van der Waals surface area (Å²) in [6.07, 6.45) is 21.1. The second-order valence-electron chi connectivity index (χ2n) is 13.8. The molecule has 4 rings (SSSR count). The Bertz CT molecular complexity index is 1430. The van der Waals surface area contributed by atoms with Gasteiger partial charge >= 0.3 is 5.97 Å². The average Bonchev–Trinajstić information content (AvgIpc) is 3.32. The maximum Gasteiger partial charge on any atom is 0.343 e. The minimum Gasteiger partial charge on any atom is -0.423 e. The molecule has 2 heterocycles. The van der Waals surface area contributed by atoms with Crippen LogP contribution >= 0.6 is 0 Å². The van der Waals surface area contributed by atoms with E-state index in [1.807, 2.05) is 69.4 Å². The van der Waals surface area contributed by atoms with Crippen molar-refractivity contribution in [1.82, 2.24) is 0 Å². The first-order valence-electron chi connectivity index (χ1n) is 14.9. The average molecular weight is 571 g/mol. The quantitative estimate of drug-likeness (QED) is 0.154. The van der Waals surface area contributed by atoms with Crippen molar-refractivity contribution in [2.75, 3.05) is 0 Å². The summed E-state index contributed by atoms with van der Waals surface area (Å²) < 4.78 is 11.6. The van der Waals surface area contributed by atoms with Gasteiger partial charge in [-0.15, -0.1) is 0 Å². The summed E-state index contributed by atoms with van der Waals surface area (Å²) in [6, 6.07) is 0. The molecule has 2 aliphatic carbocycles. The van der Waals surface area contributed by atoms with Crippen LogP contribution in [0.15, 0.2) is 94.4 Å². The van der Waals surface area contributed by atoms with Crippen molar-refractivity contribution in [2.24, 2.45) is 10.8 Å². The lowest BCUT2D eigenvalue weighted by Gasteiger charge is -2.39. The molecule has 1 saturated carbocycles. The van der Waals surface area contributed by atoms with Crippen molar-refractivity contribution in [2.45, 2.75) is 104 Å². The fourth-order valence-electron chi connectivity index (χ4n) is 6.96. The number of esters is 1. The first-order chi connectivity index (χ1) is 19.6. The van der Waals surface area contributed by atoms with E-state index < -0.39 is 11.2 Å². The van der Waals surface area contributed by atoms with Crippen LogP contribution in [0.1, 0.15) is 81.1 Å². The highest BCUT2D eigenvalue weighted by Gasteiger charge is 2.74. The van der Waals surface area contributed by atoms with Crippen LogP contribution in [-0.2, 0) is 14.3 Å². The Morgan fingerprint density at radius 1 is 0.976 bits per heavy atom. The number of ether oxygens (including phenoxy) is 2. The normalized spacial score (nSPS) is 33.7. The predicted molar refractivity (Wildman–Crippen MR) is 168 cm³/mol. The van der Waals surface area contributed by atoms with E-state index in [2.05, 4.69) is 46.5 Å². The smallest absolute Gasteiger partial charge is 0.343 e. The molecule has 2 N–H and O–H groups in total. The molecule has 0 radical (unpaired) electrons. The molecule has 4 aliphatic rings. The summed E-state index contributed by atoms with van der Waals surface area (Å²) in [5.41, 5.74) is 3.47. The van der Waals surface area contributed by atoms with E-state index in [0.29, 0.717) is 30.6 Å². The van der Waals surface area contributed by atoms with Crippen molar-refractivity contribution < 1.29 is 24.5 Å². The van der Waals surface area contributed by atoms with Gasteiger partial charge in [0.2, 0.25) is 0 Å². The van der Waals surface area contributed by atoms with Crippen LogP contribution < -0.4 is 0 Å². The van der Waals surface area contributed by atoms with Crippen LogP contribution in [0.25, 0.3) is 0 Å². The number of allylic oxidation sites excluding steroid dienone is 11. The third kappa shape index (κ3) is 6.73. The van der Waals surface area contributed by atoms with Crippen LogP contribution in [0.3, 0.4) is 0 Å². The Morgan fingerprint density at radius 2 is 1.67 bits per heavy atom. The molecule has 0 aromatic carbocycles. The number of carbonyl (C=O) groups excluding carboxylic acids is 1. The number of aliphatic hydroxyl groups is 2. The molecule has 42 heavy (non-hydrogen) atoms. The number of epoxide rings is 1. The van der Waals surface area contributed by atoms with Crippen LogP contribution in [0, 0.1) is 22.7 Å². The van der Waals surface area contributed by atoms with E-state index in [9.17, 15) is 15.0 Å². The maximum atomic E-state index is 12.5. The first kappa shape index (κ1) is 31.8. The van der Waals surface area contributed by atoms with E-state index in [-0.39, 0.29) is 29.0 Å². The van der Waals surface area contributed by atoms with Gasteiger partial charge in [0.05, 0.1) is 17.8 Å². The molecule has 0 amide bonds. The first-order valence-corrected chi connectivity index (χ1v) is 14.9. The summed E-state index contributed by atoms with van der Waals surface area (Å²) in [6.45, 7) is 16.5. The van der Waals surface area contributed by atoms with Gasteiger partial charge in [-0.25, -0.2) is 4.79 Å². The predicted octanol–water partition coefficient (Wildman–Crippen LogP) is 7.12. The van der Waals surface area contributed by atoms with Crippen LogP contribution in [0.5, 0.6) is 0 Å².